The summed E-state index contributed by atoms with van der Waals surface area (Å²) in [4.78, 5) is 11.1. The predicted octanol–water partition coefficient (Wildman–Crippen LogP) is 2.47. The molecule has 1 aromatic rings. The summed E-state index contributed by atoms with van der Waals surface area (Å²) in [5.41, 5.74) is 1.49. The van der Waals surface area contributed by atoms with E-state index in [4.69, 9.17) is 11.6 Å². The van der Waals surface area contributed by atoms with Gasteiger partial charge in [-0.1, -0.05) is 11.6 Å². The van der Waals surface area contributed by atoms with Crippen molar-refractivity contribution in [3.05, 3.63) is 21.6 Å². The lowest BCUT2D eigenvalue weighted by Gasteiger charge is -2.20. The maximum absolute atomic E-state index is 11.1. The van der Waals surface area contributed by atoms with Gasteiger partial charge >= 0.3 is 0 Å². The molecule has 1 amide bonds. The minimum absolute atomic E-state index is 0.0598. The van der Waals surface area contributed by atoms with Crippen LogP contribution in [0.5, 0.6) is 0 Å². The van der Waals surface area contributed by atoms with Gasteiger partial charge in [-0.15, -0.1) is 0 Å². The van der Waals surface area contributed by atoms with Crippen LogP contribution in [0, 0.1) is 0 Å². The average molecular weight is 262 g/mol. The van der Waals surface area contributed by atoms with Crippen molar-refractivity contribution in [1.82, 2.24) is 0 Å². The number of amides is 1. The largest absolute Gasteiger partial charge is 0.373 e. The summed E-state index contributed by atoms with van der Waals surface area (Å²) in [6.07, 6.45) is 0. The molecule has 0 saturated heterocycles. The molecule has 1 heterocycles. The van der Waals surface area contributed by atoms with Crippen molar-refractivity contribution in [2.24, 2.45) is 0 Å². The van der Waals surface area contributed by atoms with Crippen LogP contribution in [0.15, 0.2) is 16.6 Å². The molecule has 13 heavy (non-hydrogen) atoms. The summed E-state index contributed by atoms with van der Waals surface area (Å²) in [5, 5.41) is 6.29. The van der Waals surface area contributed by atoms with E-state index in [1.165, 1.54) is 0 Å². The molecule has 2 rings (SSSR count). The molecule has 1 aromatic carbocycles. The first kappa shape index (κ1) is 8.84. The van der Waals surface area contributed by atoms with Crippen LogP contribution in [-0.2, 0) is 4.79 Å². The van der Waals surface area contributed by atoms with Crippen LogP contribution in [-0.4, -0.2) is 12.5 Å². The standard InChI is InChI=1S/C8H6BrClN2O/c9-4-1-2-5(10)8-7(4)12-6(13)3-11-8/h1-2,11H,3H2,(H,12,13). The van der Waals surface area contributed by atoms with Crippen LogP contribution in [0.4, 0.5) is 11.4 Å². The smallest absolute Gasteiger partial charge is 0.243 e. The Morgan fingerprint density at radius 2 is 2.15 bits per heavy atom. The SMILES string of the molecule is O=C1CNc2c(Cl)ccc(Br)c2N1. The van der Waals surface area contributed by atoms with Crippen molar-refractivity contribution in [2.75, 3.05) is 17.2 Å². The molecule has 68 valence electrons. The van der Waals surface area contributed by atoms with E-state index < -0.39 is 0 Å². The highest BCUT2D eigenvalue weighted by molar-refractivity contribution is 9.10. The fourth-order valence-corrected chi connectivity index (χ4v) is 1.85. The lowest BCUT2D eigenvalue weighted by molar-refractivity contribution is -0.114. The van der Waals surface area contributed by atoms with Crippen LogP contribution in [0.2, 0.25) is 5.02 Å². The summed E-state index contributed by atoms with van der Waals surface area (Å²) < 4.78 is 0.826. The molecule has 0 bridgehead atoms. The third-order valence-electron chi connectivity index (χ3n) is 1.79. The Hall–Kier alpha value is -0.740. The lowest BCUT2D eigenvalue weighted by atomic mass is 10.2. The molecule has 0 aliphatic carbocycles. The van der Waals surface area contributed by atoms with Gasteiger partial charge in [0.15, 0.2) is 0 Å². The van der Waals surface area contributed by atoms with Crippen molar-refractivity contribution in [1.29, 1.82) is 0 Å². The summed E-state index contributed by atoms with van der Waals surface area (Å²) in [7, 11) is 0. The second kappa shape index (κ2) is 3.20. The van der Waals surface area contributed by atoms with Crippen molar-refractivity contribution < 1.29 is 4.79 Å². The van der Waals surface area contributed by atoms with Gasteiger partial charge in [0.2, 0.25) is 5.91 Å². The Morgan fingerprint density at radius 3 is 2.92 bits per heavy atom. The van der Waals surface area contributed by atoms with E-state index in [2.05, 4.69) is 26.6 Å². The van der Waals surface area contributed by atoms with Crippen LogP contribution < -0.4 is 10.6 Å². The number of hydrogen-bond acceptors (Lipinski definition) is 2. The monoisotopic (exact) mass is 260 g/mol. The molecule has 0 saturated carbocycles. The van der Waals surface area contributed by atoms with E-state index in [1.807, 2.05) is 0 Å². The Balaban J connectivity index is 2.57. The van der Waals surface area contributed by atoms with E-state index in [9.17, 15) is 4.79 Å². The van der Waals surface area contributed by atoms with Crippen LogP contribution in [0.1, 0.15) is 0 Å². The van der Waals surface area contributed by atoms with Crippen LogP contribution in [0.3, 0.4) is 0 Å². The molecule has 2 N–H and O–H groups in total. The van der Waals surface area contributed by atoms with Crippen LogP contribution >= 0.6 is 27.5 Å². The van der Waals surface area contributed by atoms with Gasteiger partial charge in [-0.2, -0.15) is 0 Å². The Kier molecular flexibility index (Phi) is 2.17. The normalized spacial score (nSPS) is 14.5. The minimum atomic E-state index is -0.0598. The number of nitrogens with one attached hydrogen (secondary N) is 2. The summed E-state index contributed by atoms with van der Waals surface area (Å²) in [6.45, 7) is 0.267. The zero-order chi connectivity index (χ0) is 9.42. The molecule has 0 aromatic heterocycles. The minimum Gasteiger partial charge on any atom is -0.373 e. The van der Waals surface area contributed by atoms with Gasteiger partial charge in [0, 0.05) is 4.47 Å². The molecular weight excluding hydrogens is 255 g/mol. The van der Waals surface area contributed by atoms with E-state index >= 15 is 0 Å². The fourth-order valence-electron chi connectivity index (χ4n) is 1.20. The fraction of sp³-hybridized carbons (Fsp3) is 0.125. The van der Waals surface area contributed by atoms with E-state index in [0.717, 1.165) is 10.2 Å². The van der Waals surface area contributed by atoms with Crippen molar-refractivity contribution in [2.45, 2.75) is 0 Å². The molecule has 3 nitrogen and oxygen atoms in total. The number of carbonyl (C=O) groups is 1. The number of anilines is 2. The summed E-state index contributed by atoms with van der Waals surface area (Å²) >= 11 is 9.26. The molecule has 1 aliphatic rings. The third kappa shape index (κ3) is 1.51. The van der Waals surface area contributed by atoms with Gasteiger partial charge in [0.25, 0.3) is 0 Å². The lowest BCUT2D eigenvalue weighted by Crippen LogP contribution is -2.27. The second-order valence-corrected chi connectivity index (χ2v) is 3.94. The zero-order valence-electron chi connectivity index (χ0n) is 6.53. The highest BCUT2D eigenvalue weighted by atomic mass is 79.9. The Bertz CT molecular complexity index is 381. The molecule has 0 atom stereocenters. The Labute approximate surface area is 88.6 Å². The van der Waals surface area contributed by atoms with Gasteiger partial charge in [0.1, 0.15) is 0 Å². The van der Waals surface area contributed by atoms with Gasteiger partial charge < -0.3 is 10.6 Å². The topological polar surface area (TPSA) is 41.1 Å². The number of fused-ring (bicyclic) bond motifs is 1. The first-order chi connectivity index (χ1) is 6.18. The molecular formula is C8H6BrClN2O. The van der Waals surface area contributed by atoms with E-state index in [-0.39, 0.29) is 12.5 Å². The molecule has 0 unspecified atom stereocenters. The first-order valence-corrected chi connectivity index (χ1v) is 4.87. The molecule has 5 heteroatoms. The zero-order valence-corrected chi connectivity index (χ0v) is 8.87. The van der Waals surface area contributed by atoms with Crippen molar-refractivity contribution >= 4 is 44.8 Å². The summed E-state index contributed by atoms with van der Waals surface area (Å²) in [6, 6.07) is 3.57. The number of carbonyl (C=O) groups excluding carboxylic acids is 1. The highest BCUT2D eigenvalue weighted by Gasteiger charge is 2.18. The van der Waals surface area contributed by atoms with E-state index in [0.29, 0.717) is 10.7 Å². The quantitative estimate of drug-likeness (QED) is 0.753. The molecule has 0 fully saturated rings. The molecule has 1 aliphatic heterocycles. The second-order valence-electron chi connectivity index (χ2n) is 2.68. The van der Waals surface area contributed by atoms with Gasteiger partial charge in [-0.05, 0) is 28.1 Å². The maximum atomic E-state index is 11.1. The molecule has 0 radical (unpaired) electrons. The summed E-state index contributed by atoms with van der Waals surface area (Å²) in [5.74, 6) is -0.0598. The average Bonchev–Trinajstić information content (AvgIpc) is 2.12. The first-order valence-electron chi connectivity index (χ1n) is 3.70. The van der Waals surface area contributed by atoms with Gasteiger partial charge in [-0.3, -0.25) is 4.79 Å². The van der Waals surface area contributed by atoms with Gasteiger partial charge in [-0.25, -0.2) is 0 Å². The van der Waals surface area contributed by atoms with Crippen molar-refractivity contribution in [3.63, 3.8) is 0 Å². The number of benzene rings is 1. The number of hydrogen-bond donors (Lipinski definition) is 2. The van der Waals surface area contributed by atoms with Crippen LogP contribution in [0.25, 0.3) is 0 Å². The van der Waals surface area contributed by atoms with Crippen molar-refractivity contribution in [3.8, 4) is 0 Å². The molecule has 0 spiro atoms. The third-order valence-corrected chi connectivity index (χ3v) is 2.77. The number of halogens is 2. The highest BCUT2D eigenvalue weighted by Crippen LogP contribution is 2.38. The predicted molar refractivity (Wildman–Crippen MR) is 56.3 cm³/mol. The Morgan fingerprint density at radius 1 is 1.38 bits per heavy atom. The van der Waals surface area contributed by atoms with E-state index in [1.54, 1.807) is 12.1 Å². The van der Waals surface area contributed by atoms with Gasteiger partial charge in [0.05, 0.1) is 22.9 Å². The maximum Gasteiger partial charge on any atom is 0.243 e. The number of rotatable bonds is 0.